The molecule has 0 radical (unpaired) electrons. The van der Waals surface area contributed by atoms with E-state index in [9.17, 15) is 4.39 Å². The molecule has 0 aliphatic carbocycles. The molecule has 1 aromatic rings. The molecule has 1 atom stereocenters. The summed E-state index contributed by atoms with van der Waals surface area (Å²) in [7, 11) is 0. The summed E-state index contributed by atoms with van der Waals surface area (Å²) in [6, 6.07) is 3.74. The topological polar surface area (TPSA) is 46.2 Å². The van der Waals surface area contributed by atoms with Gasteiger partial charge in [0.05, 0.1) is 11.1 Å². The Balaban J connectivity index is 0.00000144. The largest absolute Gasteiger partial charge is 0.506 e. The third-order valence-corrected chi connectivity index (χ3v) is 1.87. The molecule has 0 unspecified atom stereocenters. The van der Waals surface area contributed by atoms with Gasteiger partial charge in [-0.2, -0.15) is 0 Å². The molecule has 1 aromatic carbocycles. The van der Waals surface area contributed by atoms with E-state index in [0.717, 1.165) is 0 Å². The van der Waals surface area contributed by atoms with Gasteiger partial charge in [0.25, 0.3) is 0 Å². The van der Waals surface area contributed by atoms with Crippen molar-refractivity contribution in [1.82, 2.24) is 0 Å². The van der Waals surface area contributed by atoms with Crippen molar-refractivity contribution in [2.75, 3.05) is 6.67 Å². The molecule has 0 fully saturated rings. The molecular formula is C8H10Cl2FNO. The predicted molar refractivity (Wildman–Crippen MR) is 53.3 cm³/mol. The maximum absolute atomic E-state index is 12.1. The minimum absolute atomic E-state index is 0. The quantitative estimate of drug-likeness (QED) is 0.813. The molecule has 0 bridgehead atoms. The highest BCUT2D eigenvalue weighted by Crippen LogP contribution is 2.25. The molecule has 0 spiro atoms. The summed E-state index contributed by atoms with van der Waals surface area (Å²) < 4.78 is 12.1. The van der Waals surface area contributed by atoms with Gasteiger partial charge in [0.1, 0.15) is 12.4 Å². The fourth-order valence-corrected chi connectivity index (χ4v) is 1.03. The number of alkyl halides is 1. The van der Waals surface area contributed by atoms with Crippen molar-refractivity contribution < 1.29 is 9.50 Å². The van der Waals surface area contributed by atoms with Crippen LogP contribution in [0.4, 0.5) is 4.39 Å². The maximum atomic E-state index is 12.1. The van der Waals surface area contributed by atoms with E-state index >= 15 is 0 Å². The van der Waals surface area contributed by atoms with Crippen molar-refractivity contribution in [1.29, 1.82) is 0 Å². The van der Waals surface area contributed by atoms with Crippen molar-refractivity contribution in [3.63, 3.8) is 0 Å². The van der Waals surface area contributed by atoms with E-state index in [0.29, 0.717) is 5.56 Å². The van der Waals surface area contributed by atoms with Gasteiger partial charge >= 0.3 is 0 Å². The highest BCUT2D eigenvalue weighted by atomic mass is 35.5. The van der Waals surface area contributed by atoms with E-state index in [1.807, 2.05) is 0 Å². The first-order valence-electron chi connectivity index (χ1n) is 3.45. The third-order valence-electron chi connectivity index (χ3n) is 1.57. The average molecular weight is 226 g/mol. The Kier molecular flexibility index (Phi) is 5.06. The molecule has 1 rings (SSSR count). The summed E-state index contributed by atoms with van der Waals surface area (Å²) in [4.78, 5) is 0. The fourth-order valence-electron chi connectivity index (χ4n) is 0.843. The van der Waals surface area contributed by atoms with Crippen molar-refractivity contribution in [3.8, 4) is 5.75 Å². The second-order valence-corrected chi connectivity index (χ2v) is 2.88. The average Bonchev–Trinajstić information content (AvgIpc) is 2.08. The monoisotopic (exact) mass is 225 g/mol. The zero-order valence-corrected chi connectivity index (χ0v) is 8.28. The van der Waals surface area contributed by atoms with Crippen LogP contribution in [0, 0.1) is 0 Å². The zero-order valence-electron chi connectivity index (χ0n) is 6.71. The Morgan fingerprint density at radius 1 is 1.54 bits per heavy atom. The molecule has 13 heavy (non-hydrogen) atoms. The van der Waals surface area contributed by atoms with Gasteiger partial charge in [-0.25, -0.2) is 4.39 Å². The van der Waals surface area contributed by atoms with Gasteiger partial charge < -0.3 is 10.8 Å². The van der Waals surface area contributed by atoms with Crippen LogP contribution in [-0.4, -0.2) is 11.8 Å². The second kappa shape index (κ2) is 5.27. The summed E-state index contributed by atoms with van der Waals surface area (Å²) >= 11 is 5.59. The second-order valence-electron chi connectivity index (χ2n) is 2.47. The van der Waals surface area contributed by atoms with Gasteiger partial charge in [-0.1, -0.05) is 17.7 Å². The number of hydrogen-bond donors (Lipinski definition) is 2. The Morgan fingerprint density at radius 3 is 2.62 bits per heavy atom. The molecule has 0 aliphatic rings. The van der Waals surface area contributed by atoms with Crippen LogP contribution >= 0.6 is 24.0 Å². The zero-order chi connectivity index (χ0) is 9.14. The lowest BCUT2D eigenvalue weighted by molar-refractivity contribution is 0.436. The minimum Gasteiger partial charge on any atom is -0.506 e. The van der Waals surface area contributed by atoms with E-state index in [-0.39, 0.29) is 23.2 Å². The van der Waals surface area contributed by atoms with Gasteiger partial charge in [0.2, 0.25) is 0 Å². The normalized spacial score (nSPS) is 11.9. The number of hydrogen-bond acceptors (Lipinski definition) is 2. The smallest absolute Gasteiger partial charge is 0.134 e. The van der Waals surface area contributed by atoms with Crippen LogP contribution < -0.4 is 5.73 Å². The number of rotatable bonds is 2. The molecular weight excluding hydrogens is 216 g/mol. The van der Waals surface area contributed by atoms with Crippen LogP contribution in [0.3, 0.4) is 0 Å². The van der Waals surface area contributed by atoms with E-state index < -0.39 is 12.7 Å². The van der Waals surface area contributed by atoms with Crippen LogP contribution in [0.5, 0.6) is 5.75 Å². The number of phenols is 1. The molecule has 0 amide bonds. The van der Waals surface area contributed by atoms with E-state index in [1.165, 1.54) is 12.1 Å². The maximum Gasteiger partial charge on any atom is 0.134 e. The standard InChI is InChI=1S/C8H9ClFNO.ClH/c9-6-3-5(7(11)4-10)1-2-8(6)12;/h1-3,7,12H,4,11H2;1H/t7-;/m1./s1. The minimum atomic E-state index is -0.664. The van der Waals surface area contributed by atoms with Crippen molar-refractivity contribution in [2.24, 2.45) is 5.73 Å². The van der Waals surface area contributed by atoms with Crippen LogP contribution in [0.15, 0.2) is 18.2 Å². The van der Waals surface area contributed by atoms with Crippen LogP contribution in [0.25, 0.3) is 0 Å². The number of benzene rings is 1. The number of phenolic OH excluding ortho intramolecular Hbond substituents is 1. The Labute approximate surface area is 86.9 Å². The Bertz CT molecular complexity index is 283. The highest BCUT2D eigenvalue weighted by molar-refractivity contribution is 6.32. The van der Waals surface area contributed by atoms with Gasteiger partial charge in [-0.3, -0.25) is 0 Å². The first kappa shape index (κ1) is 12.5. The van der Waals surface area contributed by atoms with Crippen LogP contribution in [0.2, 0.25) is 5.02 Å². The molecule has 5 heteroatoms. The van der Waals surface area contributed by atoms with Crippen molar-refractivity contribution >= 4 is 24.0 Å². The van der Waals surface area contributed by atoms with Gasteiger partial charge in [-0.05, 0) is 17.7 Å². The number of nitrogens with two attached hydrogens (primary N) is 1. The lowest BCUT2D eigenvalue weighted by atomic mass is 10.1. The molecule has 3 N–H and O–H groups in total. The van der Waals surface area contributed by atoms with Crippen LogP contribution in [0.1, 0.15) is 11.6 Å². The number of aromatic hydroxyl groups is 1. The van der Waals surface area contributed by atoms with Gasteiger partial charge in [-0.15, -0.1) is 12.4 Å². The summed E-state index contributed by atoms with van der Waals surface area (Å²) in [5.41, 5.74) is 5.98. The molecule has 0 heterocycles. The molecule has 0 aliphatic heterocycles. The third kappa shape index (κ3) is 3.03. The van der Waals surface area contributed by atoms with E-state index in [1.54, 1.807) is 6.07 Å². The van der Waals surface area contributed by atoms with E-state index in [4.69, 9.17) is 22.4 Å². The van der Waals surface area contributed by atoms with Gasteiger partial charge in [0, 0.05) is 0 Å². The first-order valence-corrected chi connectivity index (χ1v) is 3.83. The summed E-state index contributed by atoms with van der Waals surface area (Å²) in [5.74, 6) is -0.0218. The van der Waals surface area contributed by atoms with E-state index in [2.05, 4.69) is 0 Å². The summed E-state index contributed by atoms with van der Waals surface area (Å²) in [6.45, 7) is -0.638. The van der Waals surface area contributed by atoms with Crippen molar-refractivity contribution in [3.05, 3.63) is 28.8 Å². The van der Waals surface area contributed by atoms with Gasteiger partial charge in [0.15, 0.2) is 0 Å². The summed E-state index contributed by atoms with van der Waals surface area (Å²) in [6.07, 6.45) is 0. The van der Waals surface area contributed by atoms with Crippen LogP contribution in [-0.2, 0) is 0 Å². The predicted octanol–water partition coefficient (Wildman–Crippen LogP) is 2.44. The molecule has 0 aromatic heterocycles. The molecule has 0 saturated carbocycles. The first-order chi connectivity index (χ1) is 5.65. The van der Waals surface area contributed by atoms with Crippen molar-refractivity contribution in [2.45, 2.75) is 6.04 Å². The highest BCUT2D eigenvalue weighted by Gasteiger charge is 2.07. The summed E-state index contributed by atoms with van der Waals surface area (Å²) in [5, 5.41) is 9.22. The molecule has 2 nitrogen and oxygen atoms in total. The fraction of sp³-hybridized carbons (Fsp3) is 0.250. The Morgan fingerprint density at radius 2 is 2.15 bits per heavy atom. The SMILES string of the molecule is Cl.N[C@H](CF)c1ccc(O)c(Cl)c1. The lowest BCUT2D eigenvalue weighted by Crippen LogP contribution is -2.11. The Hall–Kier alpha value is -0.510. The number of halogens is 3. The molecule has 74 valence electrons. The lowest BCUT2D eigenvalue weighted by Gasteiger charge is -2.07. The molecule has 0 saturated heterocycles.